The van der Waals surface area contributed by atoms with Gasteiger partial charge in [-0.15, -0.1) is 0 Å². The fraction of sp³-hybridized carbons (Fsp3) is 0.583. The maximum atomic E-state index is 8.83. The van der Waals surface area contributed by atoms with Gasteiger partial charge in [0.05, 0.1) is 0 Å². The van der Waals surface area contributed by atoms with Crippen LogP contribution in [0, 0.1) is 18.3 Å². The monoisotopic (exact) mass is 248 g/mol. The number of anilines is 1. The summed E-state index contributed by atoms with van der Waals surface area (Å²) in [7, 11) is 0. The molecule has 90 valence electrons. The van der Waals surface area contributed by atoms with E-state index in [2.05, 4.69) is 15.3 Å². The molecule has 1 unspecified atom stereocenters. The fourth-order valence-corrected chi connectivity index (χ4v) is 3.12. The fourth-order valence-electron chi connectivity index (χ4n) is 1.88. The molecule has 5 heteroatoms. The molecule has 17 heavy (non-hydrogen) atoms. The Morgan fingerprint density at radius 2 is 2.41 bits per heavy atom. The minimum atomic E-state index is 0.427. The molecule has 1 aromatic rings. The first kappa shape index (κ1) is 12.2. The second kappa shape index (κ2) is 5.87. The third-order valence-corrected chi connectivity index (χ3v) is 4.13. The van der Waals surface area contributed by atoms with E-state index < -0.39 is 0 Å². The number of thioether (sulfide) groups is 1. The molecule has 0 bridgehead atoms. The summed E-state index contributed by atoms with van der Waals surface area (Å²) in [4.78, 5) is 8.43. The second-order valence-electron chi connectivity index (χ2n) is 4.20. The van der Waals surface area contributed by atoms with Crippen molar-refractivity contribution in [2.45, 2.75) is 31.4 Å². The number of hydrogen-bond donors (Lipinski definition) is 1. The predicted octanol–water partition coefficient (Wildman–Crippen LogP) is 2.35. The summed E-state index contributed by atoms with van der Waals surface area (Å²) in [5.41, 5.74) is 1.26. The van der Waals surface area contributed by atoms with Crippen molar-refractivity contribution in [3.8, 4) is 6.07 Å². The molecule has 1 aromatic heterocycles. The zero-order valence-electron chi connectivity index (χ0n) is 9.94. The number of aryl methyl sites for hydroxylation is 1. The first-order valence-corrected chi connectivity index (χ1v) is 6.94. The summed E-state index contributed by atoms with van der Waals surface area (Å²) < 4.78 is 0. The van der Waals surface area contributed by atoms with Gasteiger partial charge in [-0.25, -0.2) is 9.97 Å². The lowest BCUT2D eigenvalue weighted by Crippen LogP contribution is -2.21. The minimum absolute atomic E-state index is 0.427. The average Bonchev–Trinajstić information content (AvgIpc) is 2.37. The predicted molar refractivity (Wildman–Crippen MR) is 70.1 cm³/mol. The van der Waals surface area contributed by atoms with E-state index in [-0.39, 0.29) is 0 Å². The van der Waals surface area contributed by atoms with Crippen LogP contribution >= 0.6 is 11.8 Å². The van der Waals surface area contributed by atoms with Gasteiger partial charge >= 0.3 is 0 Å². The lowest BCUT2D eigenvalue weighted by atomic mass is 10.2. The highest BCUT2D eigenvalue weighted by Crippen LogP contribution is 2.24. The highest BCUT2D eigenvalue weighted by atomic mass is 32.2. The SMILES string of the molecule is Cc1cc(C#N)nc(NCC2CCCCS2)n1. The van der Waals surface area contributed by atoms with E-state index in [0.717, 1.165) is 12.2 Å². The van der Waals surface area contributed by atoms with Crippen molar-refractivity contribution in [1.29, 1.82) is 5.26 Å². The van der Waals surface area contributed by atoms with Crippen LogP contribution in [0.3, 0.4) is 0 Å². The van der Waals surface area contributed by atoms with Gasteiger partial charge in [0.25, 0.3) is 0 Å². The van der Waals surface area contributed by atoms with E-state index in [1.807, 2.05) is 24.8 Å². The number of nitrogens with one attached hydrogen (secondary N) is 1. The Morgan fingerprint density at radius 3 is 3.12 bits per heavy atom. The summed E-state index contributed by atoms with van der Waals surface area (Å²) >= 11 is 2.01. The van der Waals surface area contributed by atoms with Gasteiger partial charge in [-0.1, -0.05) is 6.42 Å². The largest absolute Gasteiger partial charge is 0.353 e. The maximum absolute atomic E-state index is 8.83. The minimum Gasteiger partial charge on any atom is -0.353 e. The number of nitrogens with zero attached hydrogens (tertiary/aromatic N) is 3. The molecular weight excluding hydrogens is 232 g/mol. The molecule has 2 heterocycles. The smallest absolute Gasteiger partial charge is 0.224 e. The van der Waals surface area contributed by atoms with E-state index in [1.165, 1.54) is 25.0 Å². The van der Waals surface area contributed by atoms with Crippen LogP contribution in [0.1, 0.15) is 30.7 Å². The Kier molecular flexibility index (Phi) is 4.21. The van der Waals surface area contributed by atoms with Crippen LogP contribution in [-0.2, 0) is 0 Å². The normalized spacial score (nSPS) is 19.6. The second-order valence-corrected chi connectivity index (χ2v) is 5.61. The van der Waals surface area contributed by atoms with Crippen LogP contribution in [0.15, 0.2) is 6.07 Å². The lowest BCUT2D eigenvalue weighted by molar-refractivity contribution is 0.676. The number of nitriles is 1. The van der Waals surface area contributed by atoms with Crippen LogP contribution in [0.4, 0.5) is 5.95 Å². The third kappa shape index (κ3) is 3.60. The first-order valence-electron chi connectivity index (χ1n) is 5.89. The van der Waals surface area contributed by atoms with Crippen molar-refractivity contribution >= 4 is 17.7 Å². The van der Waals surface area contributed by atoms with Crippen molar-refractivity contribution in [3.63, 3.8) is 0 Å². The number of aromatic nitrogens is 2. The Balaban J connectivity index is 1.94. The van der Waals surface area contributed by atoms with Gasteiger partial charge in [-0.3, -0.25) is 0 Å². The number of hydrogen-bond acceptors (Lipinski definition) is 5. The van der Waals surface area contributed by atoms with Gasteiger partial charge in [-0.2, -0.15) is 17.0 Å². The molecule has 0 aromatic carbocycles. The lowest BCUT2D eigenvalue weighted by Gasteiger charge is -2.21. The Labute approximate surface area is 106 Å². The van der Waals surface area contributed by atoms with Gasteiger partial charge in [0, 0.05) is 17.5 Å². The quantitative estimate of drug-likeness (QED) is 0.889. The Bertz CT molecular complexity index is 421. The first-order chi connectivity index (χ1) is 8.28. The van der Waals surface area contributed by atoms with Crippen molar-refractivity contribution in [2.24, 2.45) is 0 Å². The van der Waals surface area contributed by atoms with Crippen molar-refractivity contribution in [1.82, 2.24) is 9.97 Å². The van der Waals surface area contributed by atoms with E-state index in [1.54, 1.807) is 6.07 Å². The summed E-state index contributed by atoms with van der Waals surface area (Å²) in [6.45, 7) is 2.77. The molecule has 0 amide bonds. The van der Waals surface area contributed by atoms with E-state index in [4.69, 9.17) is 5.26 Å². The van der Waals surface area contributed by atoms with Crippen LogP contribution in [0.25, 0.3) is 0 Å². The molecule has 1 N–H and O–H groups in total. The van der Waals surface area contributed by atoms with Gasteiger partial charge in [0.15, 0.2) is 0 Å². The van der Waals surface area contributed by atoms with Crippen LogP contribution in [0.2, 0.25) is 0 Å². The Morgan fingerprint density at radius 1 is 1.53 bits per heavy atom. The van der Waals surface area contributed by atoms with Crippen molar-refractivity contribution in [2.75, 3.05) is 17.6 Å². The maximum Gasteiger partial charge on any atom is 0.224 e. The zero-order valence-corrected chi connectivity index (χ0v) is 10.8. The third-order valence-electron chi connectivity index (χ3n) is 2.73. The molecule has 1 aliphatic rings. The summed E-state index contributed by atoms with van der Waals surface area (Å²) in [6, 6.07) is 3.74. The summed E-state index contributed by atoms with van der Waals surface area (Å²) in [5, 5.41) is 12.7. The van der Waals surface area contributed by atoms with Gasteiger partial charge in [-0.05, 0) is 31.6 Å². The highest BCUT2D eigenvalue weighted by Gasteiger charge is 2.14. The van der Waals surface area contributed by atoms with Crippen LogP contribution in [0.5, 0.6) is 0 Å². The highest BCUT2D eigenvalue weighted by molar-refractivity contribution is 7.99. The topological polar surface area (TPSA) is 61.6 Å². The molecule has 0 radical (unpaired) electrons. The van der Waals surface area contributed by atoms with Gasteiger partial charge in [0.1, 0.15) is 11.8 Å². The molecule has 2 rings (SSSR count). The molecule has 0 saturated carbocycles. The summed E-state index contributed by atoms with van der Waals surface area (Å²) in [6.07, 6.45) is 3.91. The molecule has 0 spiro atoms. The van der Waals surface area contributed by atoms with Gasteiger partial charge in [0.2, 0.25) is 5.95 Å². The van der Waals surface area contributed by atoms with Crippen molar-refractivity contribution in [3.05, 3.63) is 17.5 Å². The molecule has 0 aliphatic carbocycles. The zero-order chi connectivity index (χ0) is 12.1. The Hall–Kier alpha value is -1.28. The molecule has 1 saturated heterocycles. The van der Waals surface area contributed by atoms with E-state index in [0.29, 0.717) is 16.9 Å². The molecule has 1 aliphatic heterocycles. The van der Waals surface area contributed by atoms with Crippen molar-refractivity contribution < 1.29 is 0 Å². The van der Waals surface area contributed by atoms with Gasteiger partial charge < -0.3 is 5.32 Å². The van der Waals surface area contributed by atoms with Crippen LogP contribution < -0.4 is 5.32 Å². The van der Waals surface area contributed by atoms with Crippen LogP contribution in [-0.4, -0.2) is 27.5 Å². The standard InChI is InChI=1S/C12H16N4S/c1-9-6-10(7-13)16-12(15-9)14-8-11-4-2-3-5-17-11/h6,11H,2-5,8H2,1H3,(H,14,15,16). The summed E-state index contributed by atoms with van der Waals surface area (Å²) in [5.74, 6) is 1.83. The van der Waals surface area contributed by atoms with E-state index >= 15 is 0 Å². The number of rotatable bonds is 3. The average molecular weight is 248 g/mol. The van der Waals surface area contributed by atoms with E-state index in [9.17, 15) is 0 Å². The molecule has 1 fully saturated rings. The molecular formula is C12H16N4S. The molecule has 1 atom stereocenters. The molecule has 4 nitrogen and oxygen atoms in total.